The van der Waals surface area contributed by atoms with E-state index >= 15 is 0 Å². The molecule has 1 heterocycles. The number of aromatic nitrogens is 1. The van der Waals surface area contributed by atoms with Gasteiger partial charge in [0.05, 0.1) is 0 Å². The van der Waals surface area contributed by atoms with E-state index in [4.69, 9.17) is 0 Å². The SMILES string of the molecule is CCN(Cc1ccccc1)C(=O)c1cccc(Nc2nccs2)c1. The number of amides is 1. The fourth-order valence-electron chi connectivity index (χ4n) is 2.45. The molecule has 1 N–H and O–H groups in total. The monoisotopic (exact) mass is 337 g/mol. The molecule has 0 fully saturated rings. The van der Waals surface area contributed by atoms with E-state index in [0.717, 1.165) is 16.4 Å². The van der Waals surface area contributed by atoms with Crippen molar-refractivity contribution in [3.8, 4) is 0 Å². The van der Waals surface area contributed by atoms with Gasteiger partial charge in [0.1, 0.15) is 0 Å². The second-order valence-corrected chi connectivity index (χ2v) is 6.24. The second-order valence-electron chi connectivity index (χ2n) is 5.35. The molecule has 0 atom stereocenters. The predicted octanol–water partition coefficient (Wildman–Crippen LogP) is 4.55. The number of anilines is 2. The number of benzene rings is 2. The van der Waals surface area contributed by atoms with Crippen molar-refractivity contribution >= 4 is 28.1 Å². The average molecular weight is 337 g/mol. The fourth-order valence-corrected chi connectivity index (χ4v) is 3.00. The van der Waals surface area contributed by atoms with Crippen LogP contribution in [0.15, 0.2) is 66.2 Å². The van der Waals surface area contributed by atoms with Gasteiger partial charge in [-0.3, -0.25) is 4.79 Å². The Morgan fingerprint density at radius 2 is 2.00 bits per heavy atom. The Morgan fingerprint density at radius 1 is 1.17 bits per heavy atom. The first-order valence-electron chi connectivity index (χ1n) is 7.86. The summed E-state index contributed by atoms with van der Waals surface area (Å²) in [5, 5.41) is 5.95. The minimum Gasteiger partial charge on any atom is -0.335 e. The van der Waals surface area contributed by atoms with Crippen molar-refractivity contribution < 1.29 is 4.79 Å². The molecule has 0 radical (unpaired) electrons. The summed E-state index contributed by atoms with van der Waals surface area (Å²) in [6.07, 6.45) is 1.75. The van der Waals surface area contributed by atoms with Gasteiger partial charge in [-0.25, -0.2) is 4.98 Å². The Hall–Kier alpha value is -2.66. The molecule has 3 aromatic rings. The molecule has 5 heteroatoms. The Morgan fingerprint density at radius 3 is 2.71 bits per heavy atom. The highest BCUT2D eigenvalue weighted by Crippen LogP contribution is 2.20. The largest absolute Gasteiger partial charge is 0.335 e. The van der Waals surface area contributed by atoms with Gasteiger partial charge >= 0.3 is 0 Å². The van der Waals surface area contributed by atoms with E-state index in [-0.39, 0.29) is 5.91 Å². The lowest BCUT2D eigenvalue weighted by Crippen LogP contribution is -2.30. The lowest BCUT2D eigenvalue weighted by atomic mass is 10.1. The van der Waals surface area contributed by atoms with Crippen LogP contribution in [0.4, 0.5) is 10.8 Å². The van der Waals surface area contributed by atoms with Crippen LogP contribution in [0, 0.1) is 0 Å². The summed E-state index contributed by atoms with van der Waals surface area (Å²) in [5.74, 6) is 0.0316. The first kappa shape index (κ1) is 16.2. The zero-order valence-corrected chi connectivity index (χ0v) is 14.3. The first-order chi connectivity index (χ1) is 11.8. The van der Waals surface area contributed by atoms with Gasteiger partial charge in [-0.15, -0.1) is 11.3 Å². The van der Waals surface area contributed by atoms with Gasteiger partial charge in [-0.05, 0) is 30.7 Å². The third-order valence-electron chi connectivity index (χ3n) is 3.68. The Kier molecular flexibility index (Phi) is 5.23. The molecule has 0 saturated heterocycles. The van der Waals surface area contributed by atoms with Crippen LogP contribution in [0.3, 0.4) is 0 Å². The van der Waals surface area contributed by atoms with Gasteiger partial charge in [0, 0.05) is 35.9 Å². The summed E-state index contributed by atoms with van der Waals surface area (Å²) in [7, 11) is 0. The van der Waals surface area contributed by atoms with Gasteiger partial charge in [0.15, 0.2) is 5.13 Å². The Labute approximate surface area is 145 Å². The van der Waals surface area contributed by atoms with Crippen molar-refractivity contribution in [2.45, 2.75) is 13.5 Å². The first-order valence-corrected chi connectivity index (χ1v) is 8.74. The summed E-state index contributed by atoms with van der Waals surface area (Å²) in [4.78, 5) is 18.9. The number of thiazole rings is 1. The number of nitrogens with zero attached hydrogens (tertiary/aromatic N) is 2. The normalized spacial score (nSPS) is 10.4. The van der Waals surface area contributed by atoms with Crippen molar-refractivity contribution in [3.05, 3.63) is 77.3 Å². The molecule has 3 rings (SSSR count). The number of hydrogen-bond acceptors (Lipinski definition) is 4. The topological polar surface area (TPSA) is 45.2 Å². The smallest absolute Gasteiger partial charge is 0.254 e. The van der Waals surface area contributed by atoms with Crippen molar-refractivity contribution in [3.63, 3.8) is 0 Å². The minimum absolute atomic E-state index is 0.0316. The van der Waals surface area contributed by atoms with E-state index in [0.29, 0.717) is 18.7 Å². The van der Waals surface area contributed by atoms with Crippen LogP contribution in [-0.2, 0) is 6.54 Å². The van der Waals surface area contributed by atoms with Gasteiger partial charge in [-0.2, -0.15) is 0 Å². The van der Waals surface area contributed by atoms with Gasteiger partial charge in [0.25, 0.3) is 5.91 Å². The van der Waals surface area contributed by atoms with Crippen LogP contribution in [0.25, 0.3) is 0 Å². The van der Waals surface area contributed by atoms with E-state index in [1.165, 1.54) is 11.3 Å². The molecule has 1 aromatic heterocycles. The van der Waals surface area contributed by atoms with E-state index in [2.05, 4.69) is 10.3 Å². The Bertz CT molecular complexity index is 787. The minimum atomic E-state index is 0.0316. The molecule has 0 unspecified atom stereocenters. The molecular formula is C19H19N3OS. The van der Waals surface area contributed by atoms with E-state index in [9.17, 15) is 4.79 Å². The van der Waals surface area contributed by atoms with Crippen molar-refractivity contribution in [2.24, 2.45) is 0 Å². The molecule has 0 saturated carbocycles. The predicted molar refractivity (Wildman–Crippen MR) is 98.7 cm³/mol. The maximum atomic E-state index is 12.8. The van der Waals surface area contributed by atoms with Crippen LogP contribution in [-0.4, -0.2) is 22.3 Å². The zero-order valence-electron chi connectivity index (χ0n) is 13.5. The molecule has 0 aliphatic rings. The highest BCUT2D eigenvalue weighted by atomic mass is 32.1. The molecule has 0 bridgehead atoms. The zero-order chi connectivity index (χ0) is 16.8. The summed E-state index contributed by atoms with van der Waals surface area (Å²) in [6.45, 7) is 3.27. The van der Waals surface area contributed by atoms with Crippen LogP contribution >= 0.6 is 11.3 Å². The lowest BCUT2D eigenvalue weighted by molar-refractivity contribution is 0.0752. The molecule has 0 aliphatic carbocycles. The van der Waals surface area contributed by atoms with E-state index in [1.807, 2.05) is 71.8 Å². The highest BCUT2D eigenvalue weighted by Gasteiger charge is 2.15. The molecule has 4 nitrogen and oxygen atoms in total. The quantitative estimate of drug-likeness (QED) is 0.718. The number of carbonyl (C=O) groups excluding carboxylic acids is 1. The van der Waals surface area contributed by atoms with Crippen LogP contribution in [0.5, 0.6) is 0 Å². The Balaban J connectivity index is 1.75. The molecular weight excluding hydrogens is 318 g/mol. The number of carbonyl (C=O) groups is 1. The maximum absolute atomic E-state index is 12.8. The van der Waals surface area contributed by atoms with Gasteiger partial charge < -0.3 is 10.2 Å². The molecule has 2 aromatic carbocycles. The van der Waals surface area contributed by atoms with Crippen LogP contribution < -0.4 is 5.32 Å². The van der Waals surface area contributed by atoms with Crippen molar-refractivity contribution in [1.82, 2.24) is 9.88 Å². The van der Waals surface area contributed by atoms with Gasteiger partial charge in [0.2, 0.25) is 0 Å². The molecule has 0 aliphatic heterocycles. The standard InChI is InChI=1S/C19H19N3OS/c1-2-22(14-15-7-4-3-5-8-15)18(23)16-9-6-10-17(13-16)21-19-20-11-12-24-19/h3-13H,2,14H2,1H3,(H,20,21). The third-order valence-corrected chi connectivity index (χ3v) is 4.37. The molecule has 0 spiro atoms. The summed E-state index contributed by atoms with van der Waals surface area (Å²) >= 11 is 1.53. The number of rotatable bonds is 6. The highest BCUT2D eigenvalue weighted by molar-refractivity contribution is 7.13. The summed E-state index contributed by atoms with van der Waals surface area (Å²) in [6, 6.07) is 17.6. The molecule has 24 heavy (non-hydrogen) atoms. The van der Waals surface area contributed by atoms with E-state index in [1.54, 1.807) is 6.20 Å². The van der Waals surface area contributed by atoms with Crippen molar-refractivity contribution in [2.75, 3.05) is 11.9 Å². The van der Waals surface area contributed by atoms with Crippen molar-refractivity contribution in [1.29, 1.82) is 0 Å². The average Bonchev–Trinajstić information content (AvgIpc) is 3.13. The fraction of sp³-hybridized carbons (Fsp3) is 0.158. The maximum Gasteiger partial charge on any atom is 0.254 e. The number of hydrogen-bond donors (Lipinski definition) is 1. The van der Waals surface area contributed by atoms with Gasteiger partial charge in [-0.1, -0.05) is 36.4 Å². The summed E-state index contributed by atoms with van der Waals surface area (Å²) < 4.78 is 0. The number of nitrogens with one attached hydrogen (secondary N) is 1. The van der Waals surface area contributed by atoms with Crippen LogP contribution in [0.1, 0.15) is 22.8 Å². The van der Waals surface area contributed by atoms with E-state index < -0.39 is 0 Å². The van der Waals surface area contributed by atoms with Crippen LogP contribution in [0.2, 0.25) is 0 Å². The summed E-state index contributed by atoms with van der Waals surface area (Å²) in [5.41, 5.74) is 2.67. The second kappa shape index (κ2) is 7.75. The third kappa shape index (κ3) is 4.00. The molecule has 1 amide bonds. The molecule has 122 valence electrons. The lowest BCUT2D eigenvalue weighted by Gasteiger charge is -2.21.